The van der Waals surface area contributed by atoms with Gasteiger partial charge in [0.1, 0.15) is 6.04 Å². The Morgan fingerprint density at radius 3 is 2.35 bits per heavy atom. The van der Waals surface area contributed by atoms with Crippen LogP contribution in [0.15, 0.2) is 0 Å². The van der Waals surface area contributed by atoms with Gasteiger partial charge in [-0.05, 0) is 6.42 Å². The fourth-order valence-electron chi connectivity index (χ4n) is 2.48. The van der Waals surface area contributed by atoms with E-state index in [0.29, 0.717) is 6.54 Å². The Hall–Kier alpha value is -1.02. The molecule has 7 heteroatoms. The van der Waals surface area contributed by atoms with Gasteiger partial charge in [-0.25, -0.2) is 0 Å². The number of aliphatic carboxylic acids is 1. The van der Waals surface area contributed by atoms with Gasteiger partial charge in [0.05, 0.1) is 24.2 Å². The van der Waals surface area contributed by atoms with Crippen molar-refractivity contribution >= 4 is 11.8 Å². The van der Waals surface area contributed by atoms with Crippen LogP contribution in [0.1, 0.15) is 6.42 Å². The van der Waals surface area contributed by atoms with Crippen LogP contribution in [0.25, 0.3) is 0 Å². The monoisotopic (exact) mass is 244 g/mol. The summed E-state index contributed by atoms with van der Waals surface area (Å²) in [6, 6.07) is -1.61. The first-order chi connectivity index (χ1) is 8.00. The summed E-state index contributed by atoms with van der Waals surface area (Å²) >= 11 is 0. The second-order valence-corrected chi connectivity index (χ2v) is 4.57. The summed E-state index contributed by atoms with van der Waals surface area (Å²) < 4.78 is 0. The van der Waals surface area contributed by atoms with Crippen molar-refractivity contribution in [1.82, 2.24) is 10.6 Å². The molecule has 0 aromatic rings. The van der Waals surface area contributed by atoms with Gasteiger partial charge in [-0.3, -0.25) is 9.59 Å². The Labute approximate surface area is 97.8 Å². The number of ketones is 1. The van der Waals surface area contributed by atoms with E-state index >= 15 is 0 Å². The van der Waals surface area contributed by atoms with Gasteiger partial charge in [0.2, 0.25) is 0 Å². The lowest BCUT2D eigenvalue weighted by molar-refractivity contribution is -0.144. The maximum absolute atomic E-state index is 12.1. The van der Waals surface area contributed by atoms with Crippen LogP contribution in [0.5, 0.6) is 0 Å². The fourth-order valence-corrected chi connectivity index (χ4v) is 2.48. The van der Waals surface area contributed by atoms with E-state index in [-0.39, 0.29) is 18.7 Å². The van der Waals surface area contributed by atoms with Gasteiger partial charge >= 0.3 is 5.97 Å². The molecule has 96 valence electrons. The Balaban J connectivity index is 2.09. The lowest BCUT2D eigenvalue weighted by atomic mass is 9.88. The van der Waals surface area contributed by atoms with Crippen LogP contribution >= 0.6 is 0 Å². The third-order valence-corrected chi connectivity index (χ3v) is 3.37. The molecule has 2 aliphatic heterocycles. The molecule has 7 nitrogen and oxygen atoms in total. The van der Waals surface area contributed by atoms with Gasteiger partial charge in [-0.2, -0.15) is 0 Å². The third kappa shape index (κ3) is 2.32. The maximum Gasteiger partial charge on any atom is 0.321 e. The number of nitrogens with one attached hydrogen (secondary N) is 2. The number of β-amino-alcohol motifs (C(OH)–C–C–N with tert-alkyl or cyclic N) is 2. The zero-order valence-electron chi connectivity index (χ0n) is 9.17. The molecule has 0 aliphatic carbocycles. The third-order valence-electron chi connectivity index (χ3n) is 3.37. The Morgan fingerprint density at radius 1 is 1.12 bits per heavy atom. The summed E-state index contributed by atoms with van der Waals surface area (Å²) in [5.41, 5.74) is 0. The molecule has 5 atom stereocenters. The second-order valence-electron chi connectivity index (χ2n) is 4.57. The Bertz CT molecular complexity index is 335. The van der Waals surface area contributed by atoms with Crippen molar-refractivity contribution < 1.29 is 24.9 Å². The van der Waals surface area contributed by atoms with Crippen LogP contribution in [0.3, 0.4) is 0 Å². The van der Waals surface area contributed by atoms with E-state index in [1.165, 1.54) is 0 Å². The average molecular weight is 244 g/mol. The minimum atomic E-state index is -1.14. The van der Waals surface area contributed by atoms with Crippen molar-refractivity contribution in [3.63, 3.8) is 0 Å². The van der Waals surface area contributed by atoms with Gasteiger partial charge in [-0.1, -0.05) is 0 Å². The smallest absolute Gasteiger partial charge is 0.321 e. The molecule has 2 fully saturated rings. The van der Waals surface area contributed by atoms with Crippen LogP contribution in [0.2, 0.25) is 0 Å². The Kier molecular flexibility index (Phi) is 3.43. The van der Waals surface area contributed by atoms with Gasteiger partial charge < -0.3 is 26.0 Å². The molecule has 2 heterocycles. The minimum Gasteiger partial charge on any atom is -0.480 e. The number of carbonyl (C=O) groups is 2. The van der Waals surface area contributed by atoms with Crippen LogP contribution in [-0.4, -0.2) is 64.5 Å². The van der Waals surface area contributed by atoms with Crippen molar-refractivity contribution in [3.05, 3.63) is 0 Å². The SMILES string of the molecule is O=C(C1C(O)CN[C@@H]1C(=O)O)[C@@H]1C[C@@H](O)CN1. The van der Waals surface area contributed by atoms with Crippen LogP contribution in [0.4, 0.5) is 0 Å². The fraction of sp³-hybridized carbons (Fsp3) is 0.800. The molecule has 5 N–H and O–H groups in total. The van der Waals surface area contributed by atoms with E-state index in [4.69, 9.17) is 5.11 Å². The molecule has 0 radical (unpaired) electrons. The Morgan fingerprint density at radius 2 is 1.82 bits per heavy atom. The summed E-state index contributed by atoms with van der Waals surface area (Å²) in [6.07, 6.45) is -1.30. The highest BCUT2D eigenvalue weighted by Gasteiger charge is 2.46. The molecule has 2 rings (SSSR count). The first-order valence-corrected chi connectivity index (χ1v) is 5.60. The molecule has 2 unspecified atom stereocenters. The van der Waals surface area contributed by atoms with Crippen molar-refractivity contribution in [3.8, 4) is 0 Å². The van der Waals surface area contributed by atoms with E-state index in [2.05, 4.69) is 10.6 Å². The van der Waals surface area contributed by atoms with E-state index in [1.54, 1.807) is 0 Å². The summed E-state index contributed by atoms with van der Waals surface area (Å²) in [4.78, 5) is 23.0. The second kappa shape index (κ2) is 4.69. The highest BCUT2D eigenvalue weighted by atomic mass is 16.4. The molecule has 0 aromatic heterocycles. The molecule has 2 saturated heterocycles. The number of Topliss-reactive ketones (excluding diaryl/α,β-unsaturated/α-hetero) is 1. The highest BCUT2D eigenvalue weighted by molar-refractivity contribution is 5.93. The van der Waals surface area contributed by atoms with E-state index in [9.17, 15) is 19.8 Å². The lowest BCUT2D eigenvalue weighted by Gasteiger charge is -2.20. The van der Waals surface area contributed by atoms with Crippen molar-refractivity contribution in [2.45, 2.75) is 30.7 Å². The van der Waals surface area contributed by atoms with Gasteiger partial charge in [0.15, 0.2) is 5.78 Å². The topological polar surface area (TPSA) is 119 Å². The first-order valence-electron chi connectivity index (χ1n) is 5.60. The van der Waals surface area contributed by atoms with E-state index in [0.717, 1.165) is 0 Å². The number of aliphatic hydroxyl groups is 2. The van der Waals surface area contributed by atoms with Gasteiger partial charge in [-0.15, -0.1) is 0 Å². The number of carboxylic acid groups (broad SMARTS) is 1. The van der Waals surface area contributed by atoms with E-state index < -0.39 is 36.2 Å². The van der Waals surface area contributed by atoms with Crippen molar-refractivity contribution in [2.24, 2.45) is 5.92 Å². The zero-order valence-corrected chi connectivity index (χ0v) is 9.17. The summed E-state index contributed by atoms with van der Waals surface area (Å²) in [7, 11) is 0. The first kappa shape index (κ1) is 12.4. The molecule has 0 bridgehead atoms. The minimum absolute atomic E-state index is 0.0998. The number of carbonyl (C=O) groups excluding carboxylic acids is 1. The molecule has 0 spiro atoms. The molecular weight excluding hydrogens is 228 g/mol. The number of rotatable bonds is 3. The van der Waals surface area contributed by atoms with Gasteiger partial charge in [0.25, 0.3) is 0 Å². The predicted molar refractivity (Wildman–Crippen MR) is 56.3 cm³/mol. The quantitative estimate of drug-likeness (QED) is 0.367. The van der Waals surface area contributed by atoms with Gasteiger partial charge in [0, 0.05) is 13.1 Å². The molecule has 17 heavy (non-hydrogen) atoms. The normalized spacial score (nSPS) is 41.6. The lowest BCUT2D eigenvalue weighted by Crippen LogP contribution is -2.46. The molecule has 0 saturated carbocycles. The number of aliphatic hydroxyl groups excluding tert-OH is 2. The van der Waals surface area contributed by atoms with E-state index in [1.807, 2.05) is 0 Å². The van der Waals surface area contributed by atoms with Crippen molar-refractivity contribution in [2.75, 3.05) is 13.1 Å². The molecule has 2 aliphatic rings. The summed E-state index contributed by atoms with van der Waals surface area (Å²) in [5.74, 6) is -2.43. The summed E-state index contributed by atoms with van der Waals surface area (Å²) in [6.45, 7) is 0.424. The molecular formula is C10H16N2O5. The maximum atomic E-state index is 12.1. The molecule has 0 amide bonds. The number of hydrogen-bond acceptors (Lipinski definition) is 6. The predicted octanol–water partition coefficient (Wildman–Crippen LogP) is -2.69. The number of carboxylic acids is 1. The molecule has 0 aromatic carbocycles. The average Bonchev–Trinajstić information content (AvgIpc) is 2.83. The van der Waals surface area contributed by atoms with Crippen LogP contribution < -0.4 is 10.6 Å². The van der Waals surface area contributed by atoms with Crippen molar-refractivity contribution in [1.29, 1.82) is 0 Å². The number of hydrogen-bond donors (Lipinski definition) is 5. The standard InChI is InChI=1S/C10H16N2O5/c13-4-1-5(11-2-4)9(15)7-6(14)3-12-8(7)10(16)17/h4-8,11-14H,1-3H2,(H,16,17)/t4-,5+,6?,7?,8+/m1/s1. The van der Waals surface area contributed by atoms with Crippen LogP contribution in [0, 0.1) is 5.92 Å². The highest BCUT2D eigenvalue weighted by Crippen LogP contribution is 2.22. The summed E-state index contributed by atoms with van der Waals surface area (Å²) in [5, 5.41) is 33.4. The largest absolute Gasteiger partial charge is 0.480 e. The zero-order chi connectivity index (χ0) is 12.6. The van der Waals surface area contributed by atoms with Crippen LogP contribution in [-0.2, 0) is 9.59 Å².